The topological polar surface area (TPSA) is 25.2 Å². The molecule has 1 saturated carbocycles. The Balaban J connectivity index is 2.18. The highest BCUT2D eigenvalue weighted by molar-refractivity contribution is 9.10. The van der Waals surface area contributed by atoms with Crippen LogP contribution < -0.4 is 0 Å². The first kappa shape index (κ1) is 14.6. The zero-order valence-corrected chi connectivity index (χ0v) is 13.6. The van der Waals surface area contributed by atoms with Crippen LogP contribution in [-0.4, -0.2) is 28.5 Å². The van der Waals surface area contributed by atoms with Gasteiger partial charge in [-0.1, -0.05) is 19.8 Å². The number of aromatic nitrogens is 1. The highest BCUT2D eigenvalue weighted by atomic mass is 79.9. The molecule has 0 saturated heterocycles. The van der Waals surface area contributed by atoms with E-state index in [1.165, 1.54) is 19.3 Å². The summed E-state index contributed by atoms with van der Waals surface area (Å²) in [6.45, 7) is 5.15. The third-order valence-corrected chi connectivity index (χ3v) is 4.74. The van der Waals surface area contributed by atoms with Crippen LogP contribution in [0.25, 0.3) is 0 Å². The van der Waals surface area contributed by atoms with Gasteiger partial charge in [-0.3, -0.25) is 4.79 Å². The second-order valence-corrected chi connectivity index (χ2v) is 6.49. The monoisotopic (exact) mass is 326 g/mol. The van der Waals surface area contributed by atoms with E-state index >= 15 is 0 Å². The lowest BCUT2D eigenvalue weighted by atomic mass is 9.85. The first-order valence-corrected chi connectivity index (χ1v) is 7.96. The quantitative estimate of drug-likeness (QED) is 0.826. The van der Waals surface area contributed by atoms with Gasteiger partial charge in [0.25, 0.3) is 5.91 Å². The second-order valence-electron chi connectivity index (χ2n) is 5.57. The van der Waals surface area contributed by atoms with Gasteiger partial charge < -0.3 is 9.47 Å². The van der Waals surface area contributed by atoms with Crippen molar-refractivity contribution in [2.45, 2.75) is 52.1 Å². The van der Waals surface area contributed by atoms with Crippen molar-refractivity contribution >= 4 is 21.8 Å². The van der Waals surface area contributed by atoms with E-state index in [4.69, 9.17) is 0 Å². The zero-order chi connectivity index (χ0) is 14.0. The summed E-state index contributed by atoms with van der Waals surface area (Å²) in [5.74, 6) is 0.752. The van der Waals surface area contributed by atoms with Gasteiger partial charge in [-0.05, 0) is 47.7 Å². The number of carbonyl (C=O) groups excluding carboxylic acids is 1. The summed E-state index contributed by atoms with van der Waals surface area (Å²) in [7, 11) is 1.95. The molecule has 0 spiro atoms. The van der Waals surface area contributed by atoms with E-state index in [-0.39, 0.29) is 5.91 Å². The van der Waals surface area contributed by atoms with Crippen molar-refractivity contribution in [2.75, 3.05) is 7.05 Å². The summed E-state index contributed by atoms with van der Waals surface area (Å²) >= 11 is 3.46. The minimum atomic E-state index is 0.145. The molecule has 2 unspecified atom stereocenters. The van der Waals surface area contributed by atoms with E-state index < -0.39 is 0 Å². The molecule has 4 heteroatoms. The van der Waals surface area contributed by atoms with E-state index in [9.17, 15) is 4.79 Å². The highest BCUT2D eigenvalue weighted by Crippen LogP contribution is 2.28. The molecule has 1 aliphatic carbocycles. The van der Waals surface area contributed by atoms with Crippen LogP contribution in [0.1, 0.15) is 50.0 Å². The SMILES string of the molecule is CCn1cc(Br)cc1C(=O)N(C)C1CCCCC1C. The number of aryl methyl sites for hydroxylation is 1. The maximum Gasteiger partial charge on any atom is 0.270 e. The predicted octanol–water partition coefficient (Wildman–Crippen LogP) is 3.92. The maximum absolute atomic E-state index is 12.7. The van der Waals surface area contributed by atoms with Crippen LogP contribution in [0.3, 0.4) is 0 Å². The molecule has 1 amide bonds. The summed E-state index contributed by atoms with van der Waals surface area (Å²) in [6, 6.07) is 2.32. The van der Waals surface area contributed by atoms with Gasteiger partial charge in [-0.2, -0.15) is 0 Å². The molecule has 1 fully saturated rings. The van der Waals surface area contributed by atoms with Gasteiger partial charge in [-0.25, -0.2) is 0 Å². The normalized spacial score (nSPS) is 23.4. The van der Waals surface area contributed by atoms with Crippen LogP contribution in [0, 0.1) is 5.92 Å². The Kier molecular flexibility index (Phi) is 4.71. The number of hydrogen-bond donors (Lipinski definition) is 0. The number of halogens is 1. The molecule has 1 aromatic rings. The minimum Gasteiger partial charge on any atom is -0.343 e. The third kappa shape index (κ3) is 3.04. The lowest BCUT2D eigenvalue weighted by molar-refractivity contribution is 0.0618. The fraction of sp³-hybridized carbons (Fsp3) is 0.667. The fourth-order valence-electron chi connectivity index (χ4n) is 3.12. The summed E-state index contributed by atoms with van der Waals surface area (Å²) < 4.78 is 2.99. The molecule has 0 bridgehead atoms. The average Bonchev–Trinajstić information content (AvgIpc) is 2.79. The molecule has 1 aliphatic rings. The van der Waals surface area contributed by atoms with E-state index in [0.29, 0.717) is 12.0 Å². The number of carbonyl (C=O) groups is 1. The standard InChI is InChI=1S/C15H23BrN2O/c1-4-18-10-12(16)9-14(18)15(19)17(3)13-8-6-5-7-11(13)2/h9-11,13H,4-8H2,1-3H3. The molecule has 1 aromatic heterocycles. The van der Waals surface area contributed by atoms with Gasteiger partial charge in [-0.15, -0.1) is 0 Å². The van der Waals surface area contributed by atoms with E-state index in [2.05, 4.69) is 29.8 Å². The molecule has 0 aromatic carbocycles. The lowest BCUT2D eigenvalue weighted by Gasteiger charge is -2.36. The highest BCUT2D eigenvalue weighted by Gasteiger charge is 2.29. The van der Waals surface area contributed by atoms with Crippen LogP contribution in [0.5, 0.6) is 0 Å². The number of nitrogens with zero attached hydrogens (tertiary/aromatic N) is 2. The molecular weight excluding hydrogens is 304 g/mol. The lowest BCUT2D eigenvalue weighted by Crippen LogP contribution is -2.43. The van der Waals surface area contributed by atoms with Crippen molar-refractivity contribution in [2.24, 2.45) is 5.92 Å². The van der Waals surface area contributed by atoms with Gasteiger partial charge in [0.15, 0.2) is 0 Å². The van der Waals surface area contributed by atoms with Crippen LogP contribution in [-0.2, 0) is 6.54 Å². The zero-order valence-electron chi connectivity index (χ0n) is 12.0. The van der Waals surface area contributed by atoms with Crippen molar-refractivity contribution in [3.05, 3.63) is 22.4 Å². The average molecular weight is 327 g/mol. The van der Waals surface area contributed by atoms with Gasteiger partial charge in [0.05, 0.1) is 0 Å². The second kappa shape index (κ2) is 6.12. The third-order valence-electron chi connectivity index (χ3n) is 4.31. The van der Waals surface area contributed by atoms with Crippen molar-refractivity contribution in [3.63, 3.8) is 0 Å². The number of amides is 1. The first-order valence-electron chi connectivity index (χ1n) is 7.17. The van der Waals surface area contributed by atoms with Crippen molar-refractivity contribution in [1.29, 1.82) is 0 Å². The summed E-state index contributed by atoms with van der Waals surface area (Å²) in [5.41, 5.74) is 0.787. The molecule has 106 valence electrons. The molecule has 2 rings (SSSR count). The smallest absolute Gasteiger partial charge is 0.270 e. The molecular formula is C15H23BrN2O. The Hall–Kier alpha value is -0.770. The van der Waals surface area contributed by atoms with Gasteiger partial charge in [0.1, 0.15) is 5.69 Å². The molecule has 0 radical (unpaired) electrons. The maximum atomic E-state index is 12.7. The van der Waals surface area contributed by atoms with Gasteiger partial charge >= 0.3 is 0 Å². The van der Waals surface area contributed by atoms with Crippen molar-refractivity contribution < 1.29 is 4.79 Å². The summed E-state index contributed by atoms with van der Waals surface area (Å²) in [5, 5.41) is 0. The Bertz CT molecular complexity index is 455. The molecule has 0 N–H and O–H groups in total. The number of rotatable bonds is 3. The predicted molar refractivity (Wildman–Crippen MR) is 81.3 cm³/mol. The Morgan fingerprint density at radius 2 is 2.16 bits per heavy atom. The Morgan fingerprint density at radius 1 is 1.47 bits per heavy atom. The molecule has 2 atom stereocenters. The number of hydrogen-bond acceptors (Lipinski definition) is 1. The van der Waals surface area contributed by atoms with Crippen molar-refractivity contribution in [1.82, 2.24) is 9.47 Å². The molecule has 3 nitrogen and oxygen atoms in total. The van der Waals surface area contributed by atoms with E-state index in [0.717, 1.165) is 23.1 Å². The van der Waals surface area contributed by atoms with Crippen LogP contribution in [0.4, 0.5) is 0 Å². The largest absolute Gasteiger partial charge is 0.343 e. The minimum absolute atomic E-state index is 0.145. The van der Waals surface area contributed by atoms with Crippen LogP contribution in [0.2, 0.25) is 0 Å². The molecule has 0 aliphatic heterocycles. The first-order chi connectivity index (χ1) is 9.04. The molecule has 19 heavy (non-hydrogen) atoms. The fourth-order valence-corrected chi connectivity index (χ4v) is 3.58. The van der Waals surface area contributed by atoms with Crippen LogP contribution in [0.15, 0.2) is 16.7 Å². The van der Waals surface area contributed by atoms with E-state index in [1.54, 1.807) is 0 Å². The Labute approximate surface area is 124 Å². The summed E-state index contributed by atoms with van der Waals surface area (Å²) in [6.07, 6.45) is 6.89. The van der Waals surface area contributed by atoms with Gasteiger partial charge in [0.2, 0.25) is 0 Å². The van der Waals surface area contributed by atoms with Crippen LogP contribution >= 0.6 is 15.9 Å². The van der Waals surface area contributed by atoms with Gasteiger partial charge in [0, 0.05) is 30.3 Å². The van der Waals surface area contributed by atoms with E-state index in [1.807, 2.05) is 28.8 Å². The molecule has 1 heterocycles. The van der Waals surface area contributed by atoms with Crippen molar-refractivity contribution in [3.8, 4) is 0 Å². The summed E-state index contributed by atoms with van der Waals surface area (Å²) in [4.78, 5) is 14.6. The Morgan fingerprint density at radius 3 is 2.79 bits per heavy atom.